The highest BCUT2D eigenvalue weighted by Gasteiger charge is 2.24. The second-order valence-electron chi connectivity index (χ2n) is 5.86. The molecule has 0 spiro atoms. The van der Waals surface area contributed by atoms with Crippen molar-refractivity contribution >= 4 is 32.6 Å². The van der Waals surface area contributed by atoms with Crippen molar-refractivity contribution in [1.82, 2.24) is 4.31 Å². The van der Waals surface area contributed by atoms with Gasteiger partial charge >= 0.3 is 0 Å². The van der Waals surface area contributed by atoms with E-state index in [1.54, 1.807) is 16.4 Å². The van der Waals surface area contributed by atoms with Crippen LogP contribution in [0.4, 0.5) is 0 Å². The van der Waals surface area contributed by atoms with Crippen LogP contribution in [-0.4, -0.2) is 25.8 Å². The van der Waals surface area contributed by atoms with E-state index in [9.17, 15) is 8.42 Å². The molecule has 0 aromatic heterocycles. The first-order chi connectivity index (χ1) is 10.5. The summed E-state index contributed by atoms with van der Waals surface area (Å²) in [4.78, 5) is 0.400. The van der Waals surface area contributed by atoms with Crippen molar-refractivity contribution in [3.05, 3.63) is 39.5 Å². The lowest BCUT2D eigenvalue weighted by molar-refractivity contribution is 0.425. The highest BCUT2D eigenvalue weighted by Crippen LogP contribution is 2.22. The first-order valence-electron chi connectivity index (χ1n) is 7.91. The molecule has 1 aliphatic heterocycles. The third-order valence-electron chi connectivity index (χ3n) is 3.96. The SMILES string of the molecule is Cc1ccc(S(=O)(=O)N2CCCCCCC/C=C(/I)C2)cc1. The molecule has 0 amide bonds. The Morgan fingerprint density at radius 2 is 1.64 bits per heavy atom. The number of rotatable bonds is 2. The molecule has 1 aliphatic rings. The Balaban J connectivity index is 2.24. The highest BCUT2D eigenvalue weighted by atomic mass is 127. The fraction of sp³-hybridized carbons (Fsp3) is 0.529. The molecule has 1 aromatic rings. The molecule has 0 radical (unpaired) electrons. The molecule has 2 rings (SSSR count). The van der Waals surface area contributed by atoms with Gasteiger partial charge in [-0.15, -0.1) is 0 Å². The van der Waals surface area contributed by atoms with E-state index in [0.717, 1.165) is 28.4 Å². The Morgan fingerprint density at radius 3 is 2.36 bits per heavy atom. The summed E-state index contributed by atoms with van der Waals surface area (Å²) in [5.41, 5.74) is 1.07. The molecule has 0 aliphatic carbocycles. The molecular weight excluding hydrogens is 409 g/mol. The van der Waals surface area contributed by atoms with Gasteiger partial charge in [-0.25, -0.2) is 8.42 Å². The predicted octanol–water partition coefficient (Wildman–Crippen LogP) is 4.66. The largest absolute Gasteiger partial charge is 0.243 e. The summed E-state index contributed by atoms with van der Waals surface area (Å²) in [7, 11) is -3.40. The van der Waals surface area contributed by atoms with Crippen LogP contribution in [0, 0.1) is 6.92 Å². The Morgan fingerprint density at radius 1 is 1.00 bits per heavy atom. The average Bonchev–Trinajstić information content (AvgIpc) is 2.53. The van der Waals surface area contributed by atoms with Gasteiger partial charge in [0.2, 0.25) is 10.0 Å². The van der Waals surface area contributed by atoms with Crippen molar-refractivity contribution in [1.29, 1.82) is 0 Å². The lowest BCUT2D eigenvalue weighted by atomic mass is 10.1. The minimum atomic E-state index is -3.40. The molecule has 0 fully saturated rings. The summed E-state index contributed by atoms with van der Waals surface area (Å²) in [5, 5.41) is 0. The van der Waals surface area contributed by atoms with E-state index in [1.165, 1.54) is 19.3 Å². The zero-order valence-electron chi connectivity index (χ0n) is 13.1. The molecule has 3 nitrogen and oxygen atoms in total. The maximum absolute atomic E-state index is 12.9. The third kappa shape index (κ3) is 5.06. The Hall–Kier alpha value is -0.400. The van der Waals surface area contributed by atoms with E-state index in [0.29, 0.717) is 18.0 Å². The van der Waals surface area contributed by atoms with Gasteiger partial charge < -0.3 is 0 Å². The van der Waals surface area contributed by atoms with Gasteiger partial charge in [0.05, 0.1) is 4.90 Å². The number of sulfonamides is 1. The van der Waals surface area contributed by atoms with E-state index >= 15 is 0 Å². The predicted molar refractivity (Wildman–Crippen MR) is 99.7 cm³/mol. The number of nitrogens with zero attached hydrogens (tertiary/aromatic N) is 1. The number of benzene rings is 1. The standard InChI is InChI=1S/C17H24INO2S/c1-15-9-11-17(12-10-15)22(20,21)19-13-7-5-3-2-4-6-8-16(18)14-19/h8-12H,2-7,13-14H2,1H3/b16-8+. The van der Waals surface area contributed by atoms with Crippen molar-refractivity contribution < 1.29 is 8.42 Å². The second-order valence-corrected chi connectivity index (χ2v) is 9.18. The Bertz CT molecular complexity index is 608. The molecule has 0 unspecified atom stereocenters. The van der Waals surface area contributed by atoms with E-state index in [4.69, 9.17) is 0 Å². The van der Waals surface area contributed by atoms with Gasteiger partial charge in [0.25, 0.3) is 0 Å². The van der Waals surface area contributed by atoms with Gasteiger partial charge in [-0.05, 0) is 60.9 Å². The fourth-order valence-corrected chi connectivity index (χ4v) is 5.01. The van der Waals surface area contributed by atoms with Gasteiger partial charge in [0, 0.05) is 16.7 Å². The summed E-state index contributed by atoms with van der Waals surface area (Å²) < 4.78 is 28.5. The van der Waals surface area contributed by atoms with Crippen molar-refractivity contribution in [2.75, 3.05) is 13.1 Å². The van der Waals surface area contributed by atoms with Crippen LogP contribution >= 0.6 is 22.6 Å². The summed E-state index contributed by atoms with van der Waals surface area (Å²) >= 11 is 2.28. The van der Waals surface area contributed by atoms with Gasteiger partial charge in [-0.1, -0.05) is 43.0 Å². The smallest absolute Gasteiger partial charge is 0.207 e. The van der Waals surface area contributed by atoms with E-state index in [1.807, 2.05) is 19.1 Å². The Labute approximate surface area is 148 Å². The van der Waals surface area contributed by atoms with Gasteiger partial charge in [-0.2, -0.15) is 4.31 Å². The number of hydrogen-bond acceptors (Lipinski definition) is 2. The first kappa shape index (κ1) is 17.9. The molecule has 0 N–H and O–H groups in total. The first-order valence-corrected chi connectivity index (χ1v) is 10.4. The molecule has 5 heteroatoms. The molecule has 22 heavy (non-hydrogen) atoms. The summed E-state index contributed by atoms with van der Waals surface area (Å²) in [5.74, 6) is 0. The summed E-state index contributed by atoms with van der Waals surface area (Å²) in [6, 6.07) is 7.15. The van der Waals surface area contributed by atoms with Crippen molar-refractivity contribution in [2.24, 2.45) is 0 Å². The minimum Gasteiger partial charge on any atom is -0.207 e. The summed E-state index contributed by atoms with van der Waals surface area (Å²) in [6.45, 7) is 3.07. The Kier molecular flexibility index (Phi) is 6.89. The van der Waals surface area contributed by atoms with Crippen LogP contribution in [0.25, 0.3) is 0 Å². The van der Waals surface area contributed by atoms with Crippen LogP contribution in [0.2, 0.25) is 0 Å². The molecule has 1 heterocycles. The van der Waals surface area contributed by atoms with E-state index in [-0.39, 0.29) is 0 Å². The fourth-order valence-electron chi connectivity index (χ4n) is 2.60. The van der Waals surface area contributed by atoms with Gasteiger partial charge in [-0.3, -0.25) is 0 Å². The molecule has 0 saturated heterocycles. The van der Waals surface area contributed by atoms with Crippen LogP contribution in [0.5, 0.6) is 0 Å². The zero-order chi connectivity index (χ0) is 16.0. The average molecular weight is 433 g/mol. The normalized spacial score (nSPS) is 21.6. The molecular formula is C17H24INO2S. The third-order valence-corrected chi connectivity index (χ3v) is 6.60. The monoisotopic (exact) mass is 433 g/mol. The lowest BCUT2D eigenvalue weighted by Gasteiger charge is -2.22. The molecule has 0 saturated carbocycles. The van der Waals surface area contributed by atoms with Crippen LogP contribution < -0.4 is 0 Å². The van der Waals surface area contributed by atoms with Gasteiger partial charge in [0.15, 0.2) is 0 Å². The number of halogens is 1. The molecule has 0 bridgehead atoms. The van der Waals surface area contributed by atoms with Crippen LogP contribution in [0.15, 0.2) is 38.8 Å². The van der Waals surface area contributed by atoms with Crippen molar-refractivity contribution in [3.63, 3.8) is 0 Å². The topological polar surface area (TPSA) is 37.4 Å². The number of allylic oxidation sites excluding steroid dienone is 1. The maximum Gasteiger partial charge on any atom is 0.243 e. The number of aryl methyl sites for hydroxylation is 1. The number of hydrogen-bond donors (Lipinski definition) is 0. The van der Waals surface area contributed by atoms with Gasteiger partial charge in [0.1, 0.15) is 0 Å². The van der Waals surface area contributed by atoms with Crippen LogP contribution in [-0.2, 0) is 10.0 Å². The van der Waals surface area contributed by atoms with E-state index < -0.39 is 10.0 Å². The lowest BCUT2D eigenvalue weighted by Crippen LogP contribution is -2.33. The second kappa shape index (κ2) is 8.45. The van der Waals surface area contributed by atoms with Crippen LogP contribution in [0.3, 0.4) is 0 Å². The quantitative estimate of drug-likeness (QED) is 0.637. The summed E-state index contributed by atoms with van der Waals surface area (Å²) in [6.07, 6.45) is 8.93. The molecule has 122 valence electrons. The van der Waals surface area contributed by atoms with E-state index in [2.05, 4.69) is 28.7 Å². The minimum absolute atomic E-state index is 0.400. The molecule has 0 atom stereocenters. The van der Waals surface area contributed by atoms with Crippen molar-refractivity contribution in [3.8, 4) is 0 Å². The van der Waals surface area contributed by atoms with Crippen LogP contribution in [0.1, 0.15) is 44.1 Å². The maximum atomic E-state index is 12.9. The zero-order valence-corrected chi connectivity index (χ0v) is 16.1. The highest BCUT2D eigenvalue weighted by molar-refractivity contribution is 14.1. The molecule has 1 aromatic carbocycles. The van der Waals surface area contributed by atoms with Crippen molar-refractivity contribution in [2.45, 2.75) is 50.3 Å².